The first kappa shape index (κ1) is 16.6. The van der Waals surface area contributed by atoms with Gasteiger partial charge in [0.1, 0.15) is 4.90 Å². The van der Waals surface area contributed by atoms with Gasteiger partial charge in [-0.05, 0) is 42.3 Å². The minimum atomic E-state index is -3.46. The van der Waals surface area contributed by atoms with Crippen molar-refractivity contribution in [2.75, 3.05) is 6.54 Å². The molecule has 0 aliphatic carbocycles. The van der Waals surface area contributed by atoms with E-state index in [0.717, 1.165) is 28.3 Å². The van der Waals surface area contributed by atoms with Crippen molar-refractivity contribution in [2.24, 2.45) is 0 Å². The first-order chi connectivity index (χ1) is 10.0. The van der Waals surface area contributed by atoms with Crippen molar-refractivity contribution in [3.05, 3.63) is 38.2 Å². The van der Waals surface area contributed by atoms with Crippen LogP contribution in [0.3, 0.4) is 0 Å². The summed E-state index contributed by atoms with van der Waals surface area (Å²) in [5.74, 6) is 0. The molecule has 0 aromatic carbocycles. The molecule has 0 aliphatic rings. The van der Waals surface area contributed by atoms with E-state index in [1.807, 2.05) is 29.8 Å². The third kappa shape index (κ3) is 4.37. The van der Waals surface area contributed by atoms with Crippen LogP contribution in [0.25, 0.3) is 0 Å². The Morgan fingerprint density at radius 2 is 2.05 bits per heavy atom. The molecule has 2 aromatic heterocycles. The zero-order chi connectivity index (χ0) is 15.3. The Morgan fingerprint density at radius 3 is 2.71 bits per heavy atom. The van der Waals surface area contributed by atoms with E-state index in [-0.39, 0.29) is 0 Å². The molecule has 0 saturated heterocycles. The highest BCUT2D eigenvalue weighted by atomic mass is 32.2. The van der Waals surface area contributed by atoms with Crippen molar-refractivity contribution < 1.29 is 8.42 Å². The lowest BCUT2D eigenvalue weighted by atomic mass is 10.3. The van der Waals surface area contributed by atoms with E-state index < -0.39 is 10.0 Å². The standard InChI is InChI=1S/C14H20N2O2S3/c1-3-6-15-9-13-14(11(2)10-20-13)21(17,18)16-8-12-5-4-7-19-12/h4-5,7,10,15-16H,3,6,8-9H2,1-2H3. The highest BCUT2D eigenvalue weighted by Crippen LogP contribution is 2.27. The molecule has 2 aromatic rings. The van der Waals surface area contributed by atoms with Crippen LogP contribution in [0.15, 0.2) is 27.8 Å². The van der Waals surface area contributed by atoms with Crippen LogP contribution in [0, 0.1) is 6.92 Å². The van der Waals surface area contributed by atoms with Gasteiger partial charge in [0, 0.05) is 22.8 Å². The topological polar surface area (TPSA) is 58.2 Å². The summed E-state index contributed by atoms with van der Waals surface area (Å²) < 4.78 is 27.8. The molecule has 0 saturated carbocycles. The lowest BCUT2D eigenvalue weighted by Gasteiger charge is -2.09. The molecule has 0 atom stereocenters. The maximum Gasteiger partial charge on any atom is 0.242 e. The summed E-state index contributed by atoms with van der Waals surface area (Å²) in [5, 5.41) is 7.12. The number of hydrogen-bond donors (Lipinski definition) is 2. The molecule has 2 N–H and O–H groups in total. The number of nitrogens with one attached hydrogen (secondary N) is 2. The molecule has 0 fully saturated rings. The number of thiophene rings is 2. The van der Waals surface area contributed by atoms with E-state index in [2.05, 4.69) is 17.0 Å². The van der Waals surface area contributed by atoms with Gasteiger partial charge in [0.25, 0.3) is 0 Å². The van der Waals surface area contributed by atoms with Crippen LogP contribution in [0.4, 0.5) is 0 Å². The van der Waals surface area contributed by atoms with Gasteiger partial charge in [-0.15, -0.1) is 22.7 Å². The molecular weight excluding hydrogens is 324 g/mol. The lowest BCUT2D eigenvalue weighted by Crippen LogP contribution is -2.25. The van der Waals surface area contributed by atoms with E-state index in [1.165, 1.54) is 11.3 Å². The van der Waals surface area contributed by atoms with Crippen molar-refractivity contribution in [3.63, 3.8) is 0 Å². The third-order valence-corrected chi connectivity index (χ3v) is 6.73. The molecule has 116 valence electrons. The molecular formula is C14H20N2O2S3. The molecule has 0 unspecified atom stereocenters. The highest BCUT2D eigenvalue weighted by Gasteiger charge is 2.22. The summed E-state index contributed by atoms with van der Waals surface area (Å²) in [7, 11) is -3.46. The maximum absolute atomic E-state index is 12.5. The SMILES string of the molecule is CCCNCc1scc(C)c1S(=O)(=O)NCc1cccs1. The van der Waals surface area contributed by atoms with E-state index in [4.69, 9.17) is 0 Å². The second kappa shape index (κ2) is 7.51. The Balaban J connectivity index is 2.13. The minimum Gasteiger partial charge on any atom is -0.312 e. The summed E-state index contributed by atoms with van der Waals surface area (Å²) in [5.41, 5.74) is 0.812. The van der Waals surface area contributed by atoms with Crippen LogP contribution in [0.1, 0.15) is 28.7 Å². The second-order valence-electron chi connectivity index (χ2n) is 4.75. The van der Waals surface area contributed by atoms with Gasteiger partial charge >= 0.3 is 0 Å². The first-order valence-corrected chi connectivity index (χ1v) is 10.1. The fourth-order valence-electron chi connectivity index (χ4n) is 2.00. The van der Waals surface area contributed by atoms with Gasteiger partial charge in [0.05, 0.1) is 0 Å². The van der Waals surface area contributed by atoms with Crippen molar-refractivity contribution >= 4 is 32.7 Å². The number of hydrogen-bond acceptors (Lipinski definition) is 5. The molecule has 0 bridgehead atoms. The van der Waals surface area contributed by atoms with E-state index >= 15 is 0 Å². The Bertz CT molecular complexity index is 660. The monoisotopic (exact) mass is 344 g/mol. The fourth-order valence-corrected chi connectivity index (χ4v) is 5.52. The third-order valence-electron chi connectivity index (χ3n) is 2.99. The molecule has 0 radical (unpaired) electrons. The molecule has 7 heteroatoms. The van der Waals surface area contributed by atoms with Gasteiger partial charge in [-0.2, -0.15) is 0 Å². The summed E-state index contributed by atoms with van der Waals surface area (Å²) in [6.45, 7) is 5.77. The number of rotatable bonds is 8. The first-order valence-electron chi connectivity index (χ1n) is 6.84. The van der Waals surface area contributed by atoms with Gasteiger partial charge in [-0.25, -0.2) is 13.1 Å². The zero-order valence-electron chi connectivity index (χ0n) is 12.2. The van der Waals surface area contributed by atoms with Gasteiger partial charge < -0.3 is 5.32 Å². The normalized spacial score (nSPS) is 11.9. The fraction of sp³-hybridized carbons (Fsp3) is 0.429. The Labute approximate surface area is 134 Å². The van der Waals surface area contributed by atoms with Crippen LogP contribution >= 0.6 is 22.7 Å². The average Bonchev–Trinajstić information content (AvgIpc) is 3.07. The molecule has 4 nitrogen and oxygen atoms in total. The largest absolute Gasteiger partial charge is 0.312 e. The quantitative estimate of drug-likeness (QED) is 0.724. The number of sulfonamides is 1. The molecule has 0 aliphatic heterocycles. The average molecular weight is 345 g/mol. The molecule has 21 heavy (non-hydrogen) atoms. The zero-order valence-corrected chi connectivity index (χ0v) is 14.6. The Hall–Kier alpha value is -0.730. The lowest BCUT2D eigenvalue weighted by molar-refractivity contribution is 0.579. The molecule has 0 amide bonds. The summed E-state index contributed by atoms with van der Waals surface area (Å²) in [4.78, 5) is 2.32. The van der Waals surface area contributed by atoms with Crippen molar-refractivity contribution in [1.82, 2.24) is 10.0 Å². The van der Waals surface area contributed by atoms with Crippen LogP contribution in [-0.2, 0) is 23.1 Å². The summed E-state index contributed by atoms with van der Waals surface area (Å²) in [6, 6.07) is 3.85. The summed E-state index contributed by atoms with van der Waals surface area (Å²) in [6.07, 6.45) is 1.03. The Morgan fingerprint density at radius 1 is 1.24 bits per heavy atom. The molecule has 2 rings (SSSR count). The predicted molar refractivity (Wildman–Crippen MR) is 89.4 cm³/mol. The van der Waals surface area contributed by atoms with Gasteiger partial charge in [0.15, 0.2) is 0 Å². The smallest absolute Gasteiger partial charge is 0.242 e. The minimum absolute atomic E-state index is 0.344. The van der Waals surface area contributed by atoms with Gasteiger partial charge in [-0.1, -0.05) is 13.0 Å². The second-order valence-corrected chi connectivity index (χ2v) is 8.45. The molecule has 0 spiro atoms. The molecule has 2 heterocycles. The van der Waals surface area contributed by atoms with Gasteiger partial charge in [-0.3, -0.25) is 0 Å². The van der Waals surface area contributed by atoms with E-state index in [1.54, 1.807) is 11.3 Å². The predicted octanol–water partition coefficient (Wildman–Crippen LogP) is 3.10. The van der Waals surface area contributed by atoms with Crippen LogP contribution < -0.4 is 10.0 Å². The highest BCUT2D eigenvalue weighted by molar-refractivity contribution is 7.89. The Kier molecular flexibility index (Phi) is 5.95. The van der Waals surface area contributed by atoms with Crippen molar-refractivity contribution in [1.29, 1.82) is 0 Å². The maximum atomic E-state index is 12.5. The van der Waals surface area contributed by atoms with E-state index in [0.29, 0.717) is 18.0 Å². The van der Waals surface area contributed by atoms with E-state index in [9.17, 15) is 8.42 Å². The van der Waals surface area contributed by atoms with Gasteiger partial charge in [0.2, 0.25) is 10.0 Å². The summed E-state index contributed by atoms with van der Waals surface area (Å²) >= 11 is 3.05. The van der Waals surface area contributed by atoms with Crippen LogP contribution in [-0.4, -0.2) is 15.0 Å². The number of aryl methyl sites for hydroxylation is 1. The van der Waals surface area contributed by atoms with Crippen molar-refractivity contribution in [2.45, 2.75) is 38.3 Å². The van der Waals surface area contributed by atoms with Crippen LogP contribution in [0.2, 0.25) is 0 Å². The van der Waals surface area contributed by atoms with Crippen molar-refractivity contribution in [3.8, 4) is 0 Å². The van der Waals surface area contributed by atoms with Crippen LogP contribution in [0.5, 0.6) is 0 Å².